The summed E-state index contributed by atoms with van der Waals surface area (Å²) in [6.07, 6.45) is 6.33. The number of imidazole rings is 1. The Morgan fingerprint density at radius 2 is 1.46 bits per heavy atom. The van der Waals surface area contributed by atoms with E-state index in [0.717, 1.165) is 22.4 Å². The molecule has 24 heavy (non-hydrogen) atoms. The van der Waals surface area contributed by atoms with E-state index in [9.17, 15) is 0 Å². The first-order chi connectivity index (χ1) is 11.8. The van der Waals surface area contributed by atoms with Gasteiger partial charge in [0.2, 0.25) is 0 Å². The summed E-state index contributed by atoms with van der Waals surface area (Å²) in [5, 5.41) is 17.9. The Morgan fingerprint density at radius 3 is 1.88 bits per heavy atom. The predicted octanol–water partition coefficient (Wildman–Crippen LogP) is 3.83. The average Bonchev–Trinajstić information content (AvgIpc) is 3.16. The van der Waals surface area contributed by atoms with Crippen LogP contribution in [-0.2, 0) is 6.42 Å². The van der Waals surface area contributed by atoms with Gasteiger partial charge in [-0.25, -0.2) is 4.98 Å². The molecule has 0 bridgehead atoms. The maximum absolute atomic E-state index is 8.96. The van der Waals surface area contributed by atoms with Gasteiger partial charge in [0, 0.05) is 12.6 Å². The molecule has 4 heteroatoms. The Labute approximate surface area is 140 Å². The minimum atomic E-state index is 0.630. The van der Waals surface area contributed by atoms with Crippen LogP contribution in [0, 0.1) is 22.7 Å². The van der Waals surface area contributed by atoms with E-state index in [2.05, 4.69) is 28.2 Å². The summed E-state index contributed by atoms with van der Waals surface area (Å²) in [6.45, 7) is 0. The highest BCUT2D eigenvalue weighted by atomic mass is 14.9. The Hall–Kier alpha value is -3.63. The van der Waals surface area contributed by atoms with Crippen molar-refractivity contribution in [3.63, 3.8) is 0 Å². The molecule has 0 radical (unpaired) electrons. The summed E-state index contributed by atoms with van der Waals surface area (Å²) in [4.78, 5) is 7.19. The number of aromatic amines is 1. The molecule has 0 saturated carbocycles. The van der Waals surface area contributed by atoms with E-state index in [4.69, 9.17) is 10.5 Å². The van der Waals surface area contributed by atoms with E-state index in [-0.39, 0.29) is 0 Å². The van der Waals surface area contributed by atoms with Crippen molar-refractivity contribution in [1.29, 1.82) is 10.5 Å². The molecule has 4 nitrogen and oxygen atoms in total. The van der Waals surface area contributed by atoms with Crippen LogP contribution < -0.4 is 0 Å². The molecule has 0 fully saturated rings. The number of hydrogen-bond donors (Lipinski definition) is 1. The van der Waals surface area contributed by atoms with E-state index in [1.165, 1.54) is 0 Å². The van der Waals surface area contributed by atoms with Gasteiger partial charge >= 0.3 is 0 Å². The van der Waals surface area contributed by atoms with Gasteiger partial charge in [-0.1, -0.05) is 30.3 Å². The lowest BCUT2D eigenvalue weighted by atomic mass is 9.95. The SMILES string of the molecule is N#Cc1ccc(C(=CCc2c[nH]cn2)c2ccc(C#N)cc2)cc1. The summed E-state index contributed by atoms with van der Waals surface area (Å²) in [5.41, 5.74) is 5.31. The zero-order valence-corrected chi connectivity index (χ0v) is 12.9. The van der Waals surface area contributed by atoms with Gasteiger partial charge in [-0.2, -0.15) is 10.5 Å². The second kappa shape index (κ2) is 7.09. The van der Waals surface area contributed by atoms with Crippen molar-refractivity contribution in [1.82, 2.24) is 9.97 Å². The number of hydrogen-bond acceptors (Lipinski definition) is 3. The molecular weight excluding hydrogens is 296 g/mol. The van der Waals surface area contributed by atoms with Crippen molar-refractivity contribution >= 4 is 5.57 Å². The van der Waals surface area contributed by atoms with Gasteiger partial charge in [0.1, 0.15) is 0 Å². The second-order valence-corrected chi connectivity index (χ2v) is 5.26. The third-order valence-corrected chi connectivity index (χ3v) is 3.72. The Bertz CT molecular complexity index is 860. The third kappa shape index (κ3) is 3.40. The molecule has 0 aliphatic heterocycles. The van der Waals surface area contributed by atoms with Crippen molar-refractivity contribution < 1.29 is 0 Å². The molecule has 2 aromatic carbocycles. The zero-order chi connectivity index (χ0) is 16.8. The summed E-state index contributed by atoms with van der Waals surface area (Å²) in [7, 11) is 0. The van der Waals surface area contributed by atoms with Crippen molar-refractivity contribution in [2.24, 2.45) is 0 Å². The fraction of sp³-hybridized carbons (Fsp3) is 0.0500. The number of H-pyrrole nitrogens is 1. The molecule has 0 saturated heterocycles. The minimum Gasteiger partial charge on any atom is -0.351 e. The summed E-state index contributed by atoms with van der Waals surface area (Å²) in [5.74, 6) is 0. The number of rotatable bonds is 4. The van der Waals surface area contributed by atoms with Gasteiger partial charge in [-0.05, 0) is 41.0 Å². The number of allylic oxidation sites excluding steroid dienone is 1. The van der Waals surface area contributed by atoms with E-state index < -0.39 is 0 Å². The first-order valence-corrected chi connectivity index (χ1v) is 7.49. The van der Waals surface area contributed by atoms with E-state index in [1.54, 1.807) is 30.6 Å². The quantitative estimate of drug-likeness (QED) is 0.795. The van der Waals surface area contributed by atoms with E-state index >= 15 is 0 Å². The molecular formula is C20H14N4. The topological polar surface area (TPSA) is 76.3 Å². The molecule has 3 aromatic rings. The van der Waals surface area contributed by atoms with Crippen molar-refractivity contribution in [3.05, 3.63) is 95.1 Å². The number of aromatic nitrogens is 2. The van der Waals surface area contributed by atoms with E-state index in [0.29, 0.717) is 17.5 Å². The van der Waals surface area contributed by atoms with Crippen LogP contribution in [0.4, 0.5) is 0 Å². The Morgan fingerprint density at radius 1 is 0.917 bits per heavy atom. The van der Waals surface area contributed by atoms with Crippen molar-refractivity contribution in [2.45, 2.75) is 6.42 Å². The molecule has 1 heterocycles. The average molecular weight is 310 g/mol. The largest absolute Gasteiger partial charge is 0.351 e. The first-order valence-electron chi connectivity index (χ1n) is 7.49. The monoisotopic (exact) mass is 310 g/mol. The molecule has 1 N–H and O–H groups in total. The fourth-order valence-electron chi connectivity index (χ4n) is 2.46. The highest BCUT2D eigenvalue weighted by Crippen LogP contribution is 2.25. The predicted molar refractivity (Wildman–Crippen MR) is 91.7 cm³/mol. The molecule has 0 aliphatic rings. The highest BCUT2D eigenvalue weighted by Gasteiger charge is 2.06. The number of nitrogens with one attached hydrogen (secondary N) is 1. The van der Waals surface area contributed by atoms with Gasteiger partial charge in [-0.15, -0.1) is 0 Å². The normalized spacial score (nSPS) is 9.75. The van der Waals surface area contributed by atoms with Gasteiger partial charge in [-0.3, -0.25) is 0 Å². The zero-order valence-electron chi connectivity index (χ0n) is 12.9. The summed E-state index contributed by atoms with van der Waals surface area (Å²) >= 11 is 0. The third-order valence-electron chi connectivity index (χ3n) is 3.72. The molecule has 0 spiro atoms. The fourth-order valence-corrected chi connectivity index (χ4v) is 2.46. The lowest BCUT2D eigenvalue weighted by Crippen LogP contribution is -1.91. The molecule has 0 unspecified atom stereocenters. The van der Waals surface area contributed by atoms with Crippen LogP contribution in [0.15, 0.2) is 67.1 Å². The molecule has 0 amide bonds. The van der Waals surface area contributed by atoms with Crippen LogP contribution in [0.25, 0.3) is 5.57 Å². The maximum atomic E-state index is 8.96. The lowest BCUT2D eigenvalue weighted by molar-refractivity contribution is 1.15. The molecule has 1 aromatic heterocycles. The Kier molecular flexibility index (Phi) is 4.51. The van der Waals surface area contributed by atoms with Gasteiger partial charge in [0.05, 0.1) is 35.3 Å². The highest BCUT2D eigenvalue weighted by molar-refractivity contribution is 5.80. The van der Waals surface area contributed by atoms with Crippen LogP contribution in [0.2, 0.25) is 0 Å². The standard InChI is InChI=1S/C20H14N4/c21-11-15-1-5-17(6-2-15)20(10-9-19-13-23-14-24-19)18-7-3-16(12-22)4-8-18/h1-8,10,13-14H,9H2,(H,23,24). The van der Waals surface area contributed by atoms with E-state index in [1.807, 2.05) is 30.5 Å². The van der Waals surface area contributed by atoms with Crippen molar-refractivity contribution in [2.75, 3.05) is 0 Å². The summed E-state index contributed by atoms with van der Waals surface area (Å²) in [6, 6.07) is 19.2. The van der Waals surface area contributed by atoms with Crippen LogP contribution in [-0.4, -0.2) is 9.97 Å². The van der Waals surface area contributed by atoms with Gasteiger partial charge in [0.15, 0.2) is 0 Å². The summed E-state index contributed by atoms with van der Waals surface area (Å²) < 4.78 is 0. The smallest absolute Gasteiger partial charge is 0.0991 e. The number of benzene rings is 2. The van der Waals surface area contributed by atoms with Crippen LogP contribution >= 0.6 is 0 Å². The maximum Gasteiger partial charge on any atom is 0.0991 e. The van der Waals surface area contributed by atoms with Crippen LogP contribution in [0.1, 0.15) is 27.9 Å². The lowest BCUT2D eigenvalue weighted by Gasteiger charge is -2.09. The van der Waals surface area contributed by atoms with Crippen molar-refractivity contribution in [3.8, 4) is 12.1 Å². The molecule has 0 aliphatic carbocycles. The number of nitrogens with zero attached hydrogens (tertiary/aromatic N) is 3. The molecule has 3 rings (SSSR count). The van der Waals surface area contributed by atoms with Gasteiger partial charge < -0.3 is 4.98 Å². The number of nitriles is 2. The van der Waals surface area contributed by atoms with Crippen LogP contribution in [0.3, 0.4) is 0 Å². The molecule has 114 valence electrons. The van der Waals surface area contributed by atoms with Gasteiger partial charge in [0.25, 0.3) is 0 Å². The molecule has 0 atom stereocenters. The second-order valence-electron chi connectivity index (χ2n) is 5.26. The first kappa shape index (κ1) is 15.3. The van der Waals surface area contributed by atoms with Crippen LogP contribution in [0.5, 0.6) is 0 Å². The Balaban J connectivity index is 2.00. The minimum absolute atomic E-state index is 0.630.